The van der Waals surface area contributed by atoms with E-state index in [4.69, 9.17) is 15.3 Å². The van der Waals surface area contributed by atoms with Gasteiger partial charge in [0.2, 0.25) is 0 Å². The van der Waals surface area contributed by atoms with Crippen molar-refractivity contribution in [3.05, 3.63) is 0 Å². The fourth-order valence-electron chi connectivity index (χ4n) is 2.05. The van der Waals surface area contributed by atoms with E-state index in [2.05, 4.69) is 0 Å². The molecule has 0 aliphatic carbocycles. The molecule has 0 bridgehead atoms. The molecule has 0 atom stereocenters. The Kier molecular flexibility index (Phi) is 96.4. The van der Waals surface area contributed by atoms with E-state index in [-0.39, 0.29) is 468 Å². The molecule has 0 aliphatic heterocycles. The summed E-state index contributed by atoms with van der Waals surface area (Å²) in [4.78, 5) is 90.0. The predicted molar refractivity (Wildman–Crippen MR) is 91.2 cm³/mol. The second-order valence-electron chi connectivity index (χ2n) is 7.25. The zero-order valence-electron chi connectivity index (χ0n) is 28.4. The molecule has 0 aromatic heterocycles. The van der Waals surface area contributed by atoms with Crippen molar-refractivity contribution in [2.75, 3.05) is 0 Å². The number of aliphatic carboxylic acids is 9. The molecule has 0 radical (unpaired) electrons. The van der Waals surface area contributed by atoms with Crippen molar-refractivity contribution in [1.82, 2.24) is 0 Å². The Morgan fingerprint density at radius 2 is 0.388 bits per heavy atom. The maximum Gasteiger partial charge on any atom is 1.00 e. The molecule has 0 saturated heterocycles. The third-order valence-electron chi connectivity index (χ3n) is 3.76. The fraction of sp³-hybridized carbons (Fsp3) is 0.500. The van der Waals surface area contributed by atoms with Crippen LogP contribution in [0.1, 0.15) is 38.5 Å². The van der Waals surface area contributed by atoms with Crippen molar-refractivity contribution in [2.24, 2.45) is 0 Å². The summed E-state index contributed by atoms with van der Waals surface area (Å²) in [5, 5.41) is 117. The van der Waals surface area contributed by atoms with Gasteiger partial charge >= 0.3 is 462 Å². The summed E-state index contributed by atoms with van der Waals surface area (Å²) in [5.74, 6) is -18.0. The first-order valence-corrected chi connectivity index (χ1v) is 9.34. The van der Waals surface area contributed by atoms with E-state index in [1.165, 1.54) is 0 Å². The molecule has 49 heavy (non-hydrogen) atoms. The van der Waals surface area contributed by atoms with Gasteiger partial charge < -0.3 is 110 Å². The van der Waals surface area contributed by atoms with E-state index in [1.807, 2.05) is 0 Å². The van der Waals surface area contributed by atoms with Crippen LogP contribution in [-0.4, -0.2) is 91.3 Å². The minimum atomic E-state index is -2.97. The number of hydrogen-bond acceptors (Lipinski definition) is 21. The maximum absolute atomic E-state index is 10.1. The van der Waals surface area contributed by atoms with Crippen LogP contribution in [0.2, 0.25) is 0 Å². The van der Waals surface area contributed by atoms with E-state index in [1.54, 1.807) is 0 Å². The van der Waals surface area contributed by atoms with Crippen LogP contribution < -0.4 is 508 Å². The molecule has 0 aromatic rings. The van der Waals surface area contributed by atoms with Gasteiger partial charge in [-0.2, -0.15) is 0 Å². The van der Waals surface area contributed by atoms with Crippen LogP contribution >= 0.6 is 0 Å². The van der Waals surface area contributed by atoms with E-state index in [9.17, 15) is 89.1 Å². The number of carbonyl (C=O) groups is 9. The molecule has 0 rings (SSSR count). The first-order valence-electron chi connectivity index (χ1n) is 9.34. The number of carbonyl (C=O) groups excluding carboxylic acids is 9. The van der Waals surface area contributed by atoms with Gasteiger partial charge in [0.15, 0.2) is 0 Å². The standard InChI is InChI=1S/3C6H8O7.9K.H2O/c3*7-3(8)1-6(13,5(11)12)2-4(9)10;;;;;;;;;;/h3*13H,1-2H2,(H,7,8)(H,9,10)(H,11,12);;;;;;;;;;1H2/q;;;9*+1;/p-9. The zero-order valence-corrected chi connectivity index (χ0v) is 56.5. The molecule has 5 N–H and O–H groups in total. The summed E-state index contributed by atoms with van der Waals surface area (Å²) in [6.07, 6.45) is -8.15. The Balaban J connectivity index is -0.0000000327. The number of rotatable bonds is 15. The molecular weight excluding hydrogens is 920 g/mol. The first kappa shape index (κ1) is 93.6. The number of carboxylic acids is 9. The smallest absolute Gasteiger partial charge is 0.550 e. The SMILES string of the molecule is O.O=C([O-])CC(O)(CC(=O)[O-])C(=O)[O-].O=C([O-])CC(O)(CC(=O)[O-])C(=O)[O-].O=C([O-])CC(O)(CC(=O)[O-])C(=O)[O-].[K+].[K+].[K+].[K+].[K+].[K+].[K+].[K+].[K+]. The van der Waals surface area contributed by atoms with Gasteiger partial charge in [-0.1, -0.05) is 0 Å². The molecule has 0 amide bonds. The topological polar surface area (TPSA) is 453 Å². The summed E-state index contributed by atoms with van der Waals surface area (Å²) in [7, 11) is 0. The third kappa shape index (κ3) is 53.9. The van der Waals surface area contributed by atoms with Gasteiger partial charge in [0.25, 0.3) is 0 Å². The van der Waals surface area contributed by atoms with Crippen LogP contribution in [-0.2, 0) is 43.2 Å². The molecule has 31 heteroatoms. The van der Waals surface area contributed by atoms with Gasteiger partial charge in [0, 0.05) is 74.3 Å². The summed E-state index contributed by atoms with van der Waals surface area (Å²) in [6.45, 7) is 0. The van der Waals surface area contributed by atoms with Gasteiger partial charge in [-0.05, 0) is 0 Å². The Morgan fingerprint density at radius 1 is 0.306 bits per heavy atom. The molecule has 0 aromatic carbocycles. The third-order valence-corrected chi connectivity index (χ3v) is 3.76. The van der Waals surface area contributed by atoms with Crippen molar-refractivity contribution >= 4 is 53.7 Å². The first-order chi connectivity index (χ1) is 17.3. The van der Waals surface area contributed by atoms with Gasteiger partial charge in [-0.25, -0.2) is 0 Å². The fourth-order valence-corrected chi connectivity index (χ4v) is 2.05. The van der Waals surface area contributed by atoms with Crippen LogP contribution in [0.25, 0.3) is 0 Å². The molecule has 230 valence electrons. The number of carboxylic acid groups (broad SMARTS) is 9. The van der Waals surface area contributed by atoms with Crippen molar-refractivity contribution in [3.8, 4) is 0 Å². The minimum absolute atomic E-state index is 0. The van der Waals surface area contributed by atoms with Gasteiger partial charge in [0.1, 0.15) is 16.8 Å². The Bertz CT molecular complexity index is 840. The van der Waals surface area contributed by atoms with Crippen molar-refractivity contribution in [3.63, 3.8) is 0 Å². The second-order valence-corrected chi connectivity index (χ2v) is 7.25. The molecular formula is C18H17K9O22. The Morgan fingerprint density at radius 3 is 0.429 bits per heavy atom. The predicted octanol–water partition coefficient (Wildman–Crippen LogP) is -43.5. The van der Waals surface area contributed by atoms with Crippen molar-refractivity contribution in [2.45, 2.75) is 55.3 Å². The average Bonchev–Trinajstić information content (AvgIpc) is 2.64. The molecule has 0 spiro atoms. The van der Waals surface area contributed by atoms with Crippen LogP contribution in [0.15, 0.2) is 0 Å². The van der Waals surface area contributed by atoms with Crippen LogP contribution in [0.4, 0.5) is 0 Å². The summed E-state index contributed by atoms with van der Waals surface area (Å²) in [5.41, 5.74) is -8.92. The monoisotopic (exact) mass is 936 g/mol. The second kappa shape index (κ2) is 50.4. The average molecular weight is 937 g/mol. The van der Waals surface area contributed by atoms with E-state index in [0.717, 1.165) is 0 Å². The summed E-state index contributed by atoms with van der Waals surface area (Å²) < 4.78 is 0. The number of aliphatic hydroxyl groups is 3. The molecule has 0 aliphatic rings. The van der Waals surface area contributed by atoms with E-state index >= 15 is 0 Å². The molecule has 0 saturated carbocycles. The van der Waals surface area contributed by atoms with E-state index < -0.39 is 109 Å². The summed E-state index contributed by atoms with van der Waals surface area (Å²) in [6, 6.07) is 0. The normalized spacial score (nSPS) is 8.63. The maximum atomic E-state index is 10.1. The van der Waals surface area contributed by atoms with Gasteiger partial charge in [-0.3, -0.25) is 0 Å². The molecule has 0 fully saturated rings. The Labute approximate surface area is 660 Å². The van der Waals surface area contributed by atoms with Crippen LogP contribution in [0, 0.1) is 0 Å². The largest absolute Gasteiger partial charge is 1.00 e. The zero-order chi connectivity index (χ0) is 31.9. The number of hydrogen-bond donors (Lipinski definition) is 3. The Hall–Kier alpha value is 9.80. The molecule has 0 heterocycles. The molecule has 22 nitrogen and oxygen atoms in total. The van der Waals surface area contributed by atoms with Gasteiger partial charge in [-0.15, -0.1) is 0 Å². The van der Waals surface area contributed by atoms with Gasteiger partial charge in [0.05, 0.1) is 17.9 Å². The van der Waals surface area contributed by atoms with E-state index in [0.29, 0.717) is 0 Å². The van der Waals surface area contributed by atoms with Crippen LogP contribution in [0.3, 0.4) is 0 Å². The quantitative estimate of drug-likeness (QED) is 0.128. The minimum Gasteiger partial charge on any atom is -0.550 e. The van der Waals surface area contributed by atoms with Crippen LogP contribution in [0.5, 0.6) is 0 Å². The molecule has 0 unspecified atom stereocenters. The van der Waals surface area contributed by atoms with Crippen molar-refractivity contribution in [1.29, 1.82) is 0 Å². The summed E-state index contributed by atoms with van der Waals surface area (Å²) >= 11 is 0. The van der Waals surface area contributed by atoms with Crippen molar-refractivity contribution < 1.29 is 572 Å².